The van der Waals surface area contributed by atoms with Crippen molar-refractivity contribution in [1.29, 1.82) is 0 Å². The van der Waals surface area contributed by atoms with Gasteiger partial charge in [-0.15, -0.1) is 0 Å². The summed E-state index contributed by atoms with van der Waals surface area (Å²) in [5, 5.41) is 5.72. The quantitative estimate of drug-likeness (QED) is 0.445. The van der Waals surface area contributed by atoms with E-state index in [2.05, 4.69) is 47.6 Å². The Hall–Kier alpha value is -3.63. The summed E-state index contributed by atoms with van der Waals surface area (Å²) in [7, 11) is -3.77. The summed E-state index contributed by atoms with van der Waals surface area (Å²) in [6.07, 6.45) is 0. The molecule has 11 heteroatoms. The van der Waals surface area contributed by atoms with Crippen LogP contribution in [0.4, 0.5) is 21.5 Å². The molecule has 5 rings (SSSR count). The van der Waals surface area contributed by atoms with Gasteiger partial charge in [-0.1, -0.05) is 29.8 Å². The first-order valence-corrected chi connectivity index (χ1v) is 15.2. The third-order valence-corrected chi connectivity index (χ3v) is 9.20. The average molecular weight is 585 g/mol. The fourth-order valence-corrected chi connectivity index (χ4v) is 6.98. The first-order chi connectivity index (χ1) is 19.0. The standard InChI is InChI=1S/C29H30ClFN4O4S/c1-18-3-4-19(2)27(13-18)34-9-11-35(12-10-34)29(37)20-6-8-24-25(14-20)33-28(36)26(32-24)17-40(38,39)16-21-5-7-22(31)15-23(21)30/h3-8,13-15,26,32H,9-12,16-17H2,1-2H3,(H,33,36)/t26-/m0/s1. The minimum Gasteiger partial charge on any atom is -0.371 e. The summed E-state index contributed by atoms with van der Waals surface area (Å²) in [6, 6.07) is 13.8. The van der Waals surface area contributed by atoms with Crippen molar-refractivity contribution >= 4 is 50.3 Å². The summed E-state index contributed by atoms with van der Waals surface area (Å²) in [5.41, 5.74) is 5.23. The summed E-state index contributed by atoms with van der Waals surface area (Å²) in [4.78, 5) is 30.2. The fraction of sp³-hybridized carbons (Fsp3) is 0.310. The number of carbonyl (C=O) groups is 2. The molecule has 3 aromatic carbocycles. The van der Waals surface area contributed by atoms with Gasteiger partial charge in [0.2, 0.25) is 5.91 Å². The van der Waals surface area contributed by atoms with E-state index in [0.717, 1.165) is 25.2 Å². The molecule has 2 N–H and O–H groups in total. The Kier molecular flexibility index (Phi) is 7.74. The molecule has 0 bridgehead atoms. The van der Waals surface area contributed by atoms with E-state index in [9.17, 15) is 22.4 Å². The molecule has 2 heterocycles. The highest BCUT2D eigenvalue weighted by Crippen LogP contribution is 2.30. The Balaban J connectivity index is 1.22. The maximum Gasteiger partial charge on any atom is 0.254 e. The molecule has 0 unspecified atom stereocenters. The fourth-order valence-electron chi connectivity index (χ4n) is 5.08. The molecule has 2 amide bonds. The summed E-state index contributed by atoms with van der Waals surface area (Å²) in [5.74, 6) is -2.11. The van der Waals surface area contributed by atoms with Crippen LogP contribution in [0.3, 0.4) is 0 Å². The van der Waals surface area contributed by atoms with E-state index in [0.29, 0.717) is 30.0 Å². The molecule has 3 aromatic rings. The Morgan fingerprint density at radius 2 is 1.75 bits per heavy atom. The molecule has 210 valence electrons. The average Bonchev–Trinajstić information content (AvgIpc) is 2.91. The number of sulfone groups is 1. The van der Waals surface area contributed by atoms with Crippen molar-refractivity contribution in [3.05, 3.63) is 87.7 Å². The highest BCUT2D eigenvalue weighted by Gasteiger charge is 2.32. The Bertz CT molecular complexity index is 1590. The monoisotopic (exact) mass is 584 g/mol. The number of nitrogens with one attached hydrogen (secondary N) is 2. The molecule has 1 fully saturated rings. The minimum absolute atomic E-state index is 0.0128. The molecule has 0 aromatic heterocycles. The van der Waals surface area contributed by atoms with Crippen molar-refractivity contribution in [2.45, 2.75) is 25.6 Å². The molecule has 0 spiro atoms. The Morgan fingerprint density at radius 3 is 2.48 bits per heavy atom. The zero-order valence-electron chi connectivity index (χ0n) is 22.2. The van der Waals surface area contributed by atoms with Gasteiger partial charge in [-0.3, -0.25) is 9.59 Å². The lowest BCUT2D eigenvalue weighted by molar-refractivity contribution is -0.116. The molecule has 40 heavy (non-hydrogen) atoms. The first-order valence-electron chi connectivity index (χ1n) is 13.0. The van der Waals surface area contributed by atoms with E-state index in [1.54, 1.807) is 23.1 Å². The van der Waals surface area contributed by atoms with Crippen molar-refractivity contribution in [3.8, 4) is 0 Å². The third-order valence-electron chi connectivity index (χ3n) is 7.25. The SMILES string of the molecule is Cc1ccc(C)c(N2CCN(C(=O)c3ccc4c(c3)NC(=O)[C@H](CS(=O)(=O)Cc3ccc(F)cc3Cl)N4)CC2)c1. The highest BCUT2D eigenvalue weighted by atomic mass is 35.5. The van der Waals surface area contributed by atoms with E-state index >= 15 is 0 Å². The van der Waals surface area contributed by atoms with Crippen LogP contribution in [0.2, 0.25) is 5.02 Å². The van der Waals surface area contributed by atoms with E-state index in [1.165, 1.54) is 22.9 Å². The maximum absolute atomic E-state index is 13.3. The van der Waals surface area contributed by atoms with Gasteiger partial charge in [-0.25, -0.2) is 12.8 Å². The second-order valence-corrected chi connectivity index (χ2v) is 12.8. The van der Waals surface area contributed by atoms with Gasteiger partial charge in [0.05, 0.1) is 22.9 Å². The number of hydrogen-bond donors (Lipinski definition) is 2. The topological polar surface area (TPSA) is 98.8 Å². The lowest BCUT2D eigenvalue weighted by atomic mass is 10.1. The molecule has 0 aliphatic carbocycles. The first kappa shape index (κ1) is 27.9. The number of amides is 2. The second kappa shape index (κ2) is 11.1. The second-order valence-electron chi connectivity index (χ2n) is 10.3. The van der Waals surface area contributed by atoms with Gasteiger partial charge in [0.15, 0.2) is 9.84 Å². The lowest BCUT2D eigenvalue weighted by Gasteiger charge is -2.37. The number of halogens is 2. The van der Waals surface area contributed by atoms with Crippen LogP contribution in [0, 0.1) is 19.7 Å². The van der Waals surface area contributed by atoms with Gasteiger partial charge >= 0.3 is 0 Å². The van der Waals surface area contributed by atoms with Crippen molar-refractivity contribution in [1.82, 2.24) is 4.90 Å². The van der Waals surface area contributed by atoms with Crippen molar-refractivity contribution in [3.63, 3.8) is 0 Å². The zero-order chi connectivity index (χ0) is 28.6. The predicted octanol–water partition coefficient (Wildman–Crippen LogP) is 4.41. The summed E-state index contributed by atoms with van der Waals surface area (Å²) in [6.45, 7) is 6.75. The summed E-state index contributed by atoms with van der Waals surface area (Å²) >= 11 is 5.98. The van der Waals surface area contributed by atoms with E-state index in [4.69, 9.17) is 11.6 Å². The molecule has 1 saturated heterocycles. The minimum atomic E-state index is -3.77. The van der Waals surface area contributed by atoms with Crippen LogP contribution in [0.25, 0.3) is 0 Å². The smallest absolute Gasteiger partial charge is 0.254 e. The highest BCUT2D eigenvalue weighted by molar-refractivity contribution is 7.90. The number of carbonyl (C=O) groups excluding carboxylic acids is 2. The molecule has 2 aliphatic rings. The van der Waals surface area contributed by atoms with Gasteiger partial charge in [0, 0.05) is 42.5 Å². The van der Waals surface area contributed by atoms with Crippen LogP contribution in [0.15, 0.2) is 54.6 Å². The Labute approximate surface area is 238 Å². The van der Waals surface area contributed by atoms with E-state index in [-0.39, 0.29) is 16.5 Å². The van der Waals surface area contributed by atoms with Crippen LogP contribution in [-0.4, -0.2) is 63.1 Å². The Morgan fingerprint density at radius 1 is 1.00 bits per heavy atom. The van der Waals surface area contributed by atoms with Gasteiger partial charge in [-0.05, 0) is 66.9 Å². The third kappa shape index (κ3) is 6.08. The zero-order valence-corrected chi connectivity index (χ0v) is 23.8. The van der Waals surface area contributed by atoms with Crippen LogP contribution < -0.4 is 15.5 Å². The number of aryl methyl sites for hydroxylation is 2. The number of nitrogens with zero attached hydrogens (tertiary/aromatic N) is 2. The van der Waals surface area contributed by atoms with Crippen LogP contribution in [0.1, 0.15) is 27.0 Å². The predicted molar refractivity (Wildman–Crippen MR) is 155 cm³/mol. The molecule has 2 aliphatic heterocycles. The number of rotatable bonds is 6. The maximum atomic E-state index is 13.3. The molecule has 0 radical (unpaired) electrons. The number of hydrogen-bond acceptors (Lipinski definition) is 6. The molecule has 0 saturated carbocycles. The van der Waals surface area contributed by atoms with Crippen molar-refractivity contribution in [2.24, 2.45) is 0 Å². The van der Waals surface area contributed by atoms with Crippen LogP contribution in [0.5, 0.6) is 0 Å². The normalized spacial score (nSPS) is 17.2. The number of benzene rings is 3. The largest absolute Gasteiger partial charge is 0.371 e. The van der Waals surface area contributed by atoms with Gasteiger partial charge < -0.3 is 20.4 Å². The van der Waals surface area contributed by atoms with Crippen molar-refractivity contribution in [2.75, 3.05) is 47.5 Å². The van der Waals surface area contributed by atoms with Crippen LogP contribution in [-0.2, 0) is 20.4 Å². The summed E-state index contributed by atoms with van der Waals surface area (Å²) < 4.78 is 38.9. The molecular weight excluding hydrogens is 555 g/mol. The number of anilines is 3. The molecule has 1 atom stereocenters. The van der Waals surface area contributed by atoms with Gasteiger partial charge in [-0.2, -0.15) is 0 Å². The van der Waals surface area contributed by atoms with Gasteiger partial charge in [0.25, 0.3) is 5.91 Å². The van der Waals surface area contributed by atoms with E-state index in [1.807, 2.05) is 0 Å². The van der Waals surface area contributed by atoms with Crippen molar-refractivity contribution < 1.29 is 22.4 Å². The molecular formula is C29H30ClFN4O4S. The van der Waals surface area contributed by atoms with Crippen LogP contribution >= 0.6 is 11.6 Å². The lowest BCUT2D eigenvalue weighted by Crippen LogP contribution is -2.49. The number of fused-ring (bicyclic) bond motifs is 1. The van der Waals surface area contributed by atoms with Gasteiger partial charge in [0.1, 0.15) is 11.9 Å². The number of piperazine rings is 1. The molecule has 8 nitrogen and oxygen atoms in total. The van der Waals surface area contributed by atoms with E-state index < -0.39 is 39.1 Å².